The van der Waals surface area contributed by atoms with Crippen LogP contribution in [0.15, 0.2) is 34.9 Å². The van der Waals surface area contributed by atoms with Gasteiger partial charge in [0.15, 0.2) is 5.82 Å². The lowest BCUT2D eigenvalue weighted by molar-refractivity contribution is 0.0925. The van der Waals surface area contributed by atoms with Gasteiger partial charge in [0.05, 0.1) is 11.1 Å². The van der Waals surface area contributed by atoms with E-state index in [0.717, 1.165) is 4.90 Å². The Kier molecular flexibility index (Phi) is 2.90. The highest BCUT2D eigenvalue weighted by atomic mass is 79.9. The molecule has 0 aliphatic carbocycles. The van der Waals surface area contributed by atoms with Crippen LogP contribution >= 0.6 is 15.9 Å². The van der Waals surface area contributed by atoms with Crippen molar-refractivity contribution < 1.29 is 14.0 Å². The largest absolute Gasteiger partial charge is 0.268 e. The van der Waals surface area contributed by atoms with Crippen molar-refractivity contribution in [2.24, 2.45) is 0 Å². The monoisotopic (exact) mass is 334 g/mol. The fourth-order valence-corrected chi connectivity index (χ4v) is 2.61. The number of hydrogen-bond donors (Lipinski definition) is 0. The number of imide groups is 1. The molecule has 0 spiro atoms. The Labute approximate surface area is 122 Å². The fourth-order valence-electron chi connectivity index (χ4n) is 2.11. The smallest absolute Gasteiger partial charge is 0.267 e. The number of amides is 2. The highest BCUT2D eigenvalue weighted by Crippen LogP contribution is 2.29. The third-order valence-electron chi connectivity index (χ3n) is 3.11. The van der Waals surface area contributed by atoms with Crippen molar-refractivity contribution >= 4 is 33.6 Å². The molecule has 6 heteroatoms. The van der Waals surface area contributed by atoms with Crippen LogP contribution in [0.3, 0.4) is 0 Å². The van der Waals surface area contributed by atoms with Gasteiger partial charge in [0.2, 0.25) is 0 Å². The van der Waals surface area contributed by atoms with Gasteiger partial charge in [-0.3, -0.25) is 9.59 Å². The van der Waals surface area contributed by atoms with Crippen LogP contribution in [0.2, 0.25) is 0 Å². The van der Waals surface area contributed by atoms with Crippen LogP contribution in [0.25, 0.3) is 0 Å². The van der Waals surface area contributed by atoms with Gasteiger partial charge < -0.3 is 0 Å². The van der Waals surface area contributed by atoms with E-state index < -0.39 is 17.6 Å². The number of pyridine rings is 1. The maximum Gasteiger partial charge on any atom is 0.267 e. The van der Waals surface area contributed by atoms with Crippen LogP contribution in [0.4, 0.5) is 10.2 Å². The molecule has 0 bridgehead atoms. The lowest BCUT2D eigenvalue weighted by atomic mass is 10.1. The quantitative estimate of drug-likeness (QED) is 0.594. The number of aryl methyl sites for hydroxylation is 1. The van der Waals surface area contributed by atoms with Crippen LogP contribution < -0.4 is 4.90 Å². The molecular weight excluding hydrogens is 327 g/mol. The molecule has 1 aliphatic rings. The van der Waals surface area contributed by atoms with E-state index in [-0.39, 0.29) is 10.4 Å². The summed E-state index contributed by atoms with van der Waals surface area (Å²) in [6.45, 7) is 1.55. The number of halogens is 2. The number of carbonyl (C=O) groups excluding carboxylic acids is 2. The molecule has 0 radical (unpaired) electrons. The summed E-state index contributed by atoms with van der Waals surface area (Å²) in [5, 5.41) is 0. The molecular formula is C14H8BrFN2O2. The number of fused-ring (bicyclic) bond motifs is 1. The summed E-state index contributed by atoms with van der Waals surface area (Å²) in [6.07, 6.45) is 0. The van der Waals surface area contributed by atoms with Gasteiger partial charge in [0, 0.05) is 0 Å². The molecule has 3 rings (SSSR count). The van der Waals surface area contributed by atoms with E-state index in [4.69, 9.17) is 0 Å². The molecule has 100 valence electrons. The van der Waals surface area contributed by atoms with E-state index >= 15 is 0 Å². The number of rotatable bonds is 1. The molecule has 4 nitrogen and oxygen atoms in total. The first-order chi connectivity index (χ1) is 9.50. The van der Waals surface area contributed by atoms with Crippen molar-refractivity contribution in [3.05, 3.63) is 57.4 Å². The molecule has 0 N–H and O–H groups in total. The second-order valence-corrected chi connectivity index (χ2v) is 5.14. The van der Waals surface area contributed by atoms with E-state index in [1.165, 1.54) is 6.07 Å². The first-order valence-electron chi connectivity index (χ1n) is 5.81. The molecule has 0 saturated heterocycles. The van der Waals surface area contributed by atoms with Crippen LogP contribution in [0, 0.1) is 12.7 Å². The Hall–Kier alpha value is -2.08. The van der Waals surface area contributed by atoms with Gasteiger partial charge in [-0.25, -0.2) is 14.3 Å². The lowest BCUT2D eigenvalue weighted by Crippen LogP contribution is -2.30. The van der Waals surface area contributed by atoms with Crippen LogP contribution in [0.5, 0.6) is 0 Å². The molecule has 20 heavy (non-hydrogen) atoms. The average Bonchev–Trinajstić information content (AvgIpc) is 2.68. The van der Waals surface area contributed by atoms with Crippen molar-refractivity contribution in [3.63, 3.8) is 0 Å². The third-order valence-corrected chi connectivity index (χ3v) is 3.63. The van der Waals surface area contributed by atoms with Gasteiger partial charge in [-0.05, 0) is 46.6 Å². The van der Waals surface area contributed by atoms with Gasteiger partial charge >= 0.3 is 0 Å². The van der Waals surface area contributed by atoms with Crippen LogP contribution in [0.1, 0.15) is 26.3 Å². The molecule has 2 heterocycles. The summed E-state index contributed by atoms with van der Waals surface area (Å²) in [4.78, 5) is 29.4. The molecule has 0 fully saturated rings. The predicted octanol–water partition coefficient (Wildman–Crippen LogP) is 3.09. The summed E-state index contributed by atoms with van der Waals surface area (Å²) in [7, 11) is 0. The molecule has 1 aromatic carbocycles. The summed E-state index contributed by atoms with van der Waals surface area (Å²) < 4.78 is 13.5. The van der Waals surface area contributed by atoms with Crippen LogP contribution in [-0.2, 0) is 0 Å². The van der Waals surface area contributed by atoms with Crippen LogP contribution in [-0.4, -0.2) is 16.8 Å². The fraction of sp³-hybridized carbons (Fsp3) is 0.0714. The molecule has 2 aromatic rings. The summed E-state index contributed by atoms with van der Waals surface area (Å²) in [5.41, 5.74) is 0.966. The van der Waals surface area contributed by atoms with E-state index in [2.05, 4.69) is 20.9 Å². The molecule has 0 atom stereocenters. The number of hydrogen-bond acceptors (Lipinski definition) is 3. The number of nitrogens with zero attached hydrogens (tertiary/aromatic N) is 2. The Morgan fingerprint density at radius 2 is 1.70 bits per heavy atom. The zero-order valence-electron chi connectivity index (χ0n) is 10.4. The molecule has 0 saturated carbocycles. The normalized spacial score (nSPS) is 13.8. The molecule has 0 unspecified atom stereocenters. The number of benzene rings is 1. The summed E-state index contributed by atoms with van der Waals surface area (Å²) in [5.74, 6) is -1.29. The van der Waals surface area contributed by atoms with Gasteiger partial charge in [0.1, 0.15) is 10.4 Å². The summed E-state index contributed by atoms with van der Waals surface area (Å²) in [6, 6.07) is 7.92. The predicted molar refractivity (Wildman–Crippen MR) is 74.2 cm³/mol. The zero-order valence-corrected chi connectivity index (χ0v) is 11.9. The van der Waals surface area contributed by atoms with E-state index in [0.29, 0.717) is 16.7 Å². The van der Waals surface area contributed by atoms with Crippen molar-refractivity contribution in [2.75, 3.05) is 4.90 Å². The Morgan fingerprint density at radius 3 is 2.20 bits per heavy atom. The zero-order chi connectivity index (χ0) is 14.4. The van der Waals surface area contributed by atoms with Crippen molar-refractivity contribution in [1.29, 1.82) is 0 Å². The first kappa shape index (κ1) is 12.9. The molecule has 1 aromatic heterocycles. The first-order valence-corrected chi connectivity index (χ1v) is 6.60. The lowest BCUT2D eigenvalue weighted by Gasteiger charge is -2.14. The second-order valence-electron chi connectivity index (χ2n) is 4.39. The molecule has 1 aliphatic heterocycles. The van der Waals surface area contributed by atoms with Gasteiger partial charge in [-0.2, -0.15) is 0 Å². The number of carbonyl (C=O) groups is 2. The highest BCUT2D eigenvalue weighted by molar-refractivity contribution is 9.10. The maximum atomic E-state index is 13.6. The maximum absolute atomic E-state index is 13.6. The minimum atomic E-state index is -0.509. The van der Waals surface area contributed by atoms with E-state index in [1.54, 1.807) is 31.2 Å². The van der Waals surface area contributed by atoms with Crippen molar-refractivity contribution in [2.45, 2.75) is 6.92 Å². The van der Waals surface area contributed by atoms with Crippen molar-refractivity contribution in [3.8, 4) is 0 Å². The van der Waals surface area contributed by atoms with Gasteiger partial charge in [0.25, 0.3) is 11.8 Å². The Bertz CT molecular complexity index is 703. The third kappa shape index (κ3) is 1.76. The highest BCUT2D eigenvalue weighted by Gasteiger charge is 2.37. The number of anilines is 1. The minimum absolute atomic E-state index is 0.0240. The second kappa shape index (κ2) is 4.49. The topological polar surface area (TPSA) is 50.3 Å². The Balaban J connectivity index is 2.14. The Morgan fingerprint density at radius 1 is 1.15 bits per heavy atom. The van der Waals surface area contributed by atoms with E-state index in [9.17, 15) is 14.0 Å². The minimum Gasteiger partial charge on any atom is -0.268 e. The van der Waals surface area contributed by atoms with Crippen molar-refractivity contribution in [1.82, 2.24) is 4.98 Å². The summed E-state index contributed by atoms with van der Waals surface area (Å²) >= 11 is 2.98. The van der Waals surface area contributed by atoms with E-state index in [1.807, 2.05) is 0 Å². The van der Waals surface area contributed by atoms with Gasteiger partial charge in [-0.15, -0.1) is 0 Å². The average molecular weight is 335 g/mol. The molecule has 2 amide bonds. The van der Waals surface area contributed by atoms with Gasteiger partial charge in [-0.1, -0.05) is 12.1 Å². The standard InChI is InChI=1S/C14H8BrFN2O2/c1-7-6-10(17-12(15)11(7)16)18-13(19)8-4-2-3-5-9(8)14(18)20/h2-6H,1H3. The number of aromatic nitrogens is 1. The SMILES string of the molecule is Cc1cc(N2C(=O)c3ccccc3C2=O)nc(Br)c1F.